The largest absolute Gasteiger partial charge is 0.507 e. The van der Waals surface area contributed by atoms with E-state index < -0.39 is 147 Å². The van der Waals surface area contributed by atoms with Crippen molar-refractivity contribution in [2.24, 2.45) is 0 Å². The van der Waals surface area contributed by atoms with Gasteiger partial charge in [0, 0.05) is 17.1 Å². The maximum atomic E-state index is 13.8. The van der Waals surface area contributed by atoms with Gasteiger partial charge in [0.1, 0.15) is 109 Å². The zero-order chi connectivity index (χ0) is 56.1. The fraction of sp³-hybridized carbons (Fsp3) is 0.611. The van der Waals surface area contributed by atoms with E-state index in [1.807, 2.05) is 14.7 Å². The van der Waals surface area contributed by atoms with Crippen molar-refractivity contribution in [3.8, 4) is 17.2 Å². The van der Waals surface area contributed by atoms with E-state index in [9.17, 15) is 55.2 Å². The lowest BCUT2D eigenvalue weighted by Gasteiger charge is -2.54. The molecule has 6 aliphatic rings. The van der Waals surface area contributed by atoms with E-state index in [1.165, 1.54) is 54.6 Å². The van der Waals surface area contributed by atoms with Crippen molar-refractivity contribution in [3.63, 3.8) is 0 Å². The Bertz CT molecular complexity index is 2570. The number of carbonyl (C=O) groups excluding carboxylic acids is 3. The summed E-state index contributed by atoms with van der Waals surface area (Å²) in [6.45, 7) is 0.828. The highest BCUT2D eigenvalue weighted by Gasteiger charge is 2.57. The Hall–Kier alpha value is -5.65. The molecular formula is C54H74N6O19. The van der Waals surface area contributed by atoms with E-state index in [-0.39, 0.29) is 33.8 Å². The third-order valence-electron chi connectivity index (χ3n) is 15.8. The van der Waals surface area contributed by atoms with Gasteiger partial charge in [-0.15, -0.1) is 0 Å². The monoisotopic (exact) mass is 1110 g/mol. The van der Waals surface area contributed by atoms with Crippen LogP contribution in [0.3, 0.4) is 0 Å². The Labute approximate surface area is 456 Å². The van der Waals surface area contributed by atoms with Crippen LogP contribution in [0.15, 0.2) is 54.6 Å². The Balaban J connectivity index is 1.06. The number of nitrogen functional groups attached to an aromatic ring is 3. The van der Waals surface area contributed by atoms with Gasteiger partial charge < -0.3 is 95.9 Å². The van der Waals surface area contributed by atoms with Crippen molar-refractivity contribution in [1.29, 1.82) is 0 Å². The summed E-state index contributed by atoms with van der Waals surface area (Å²) in [5, 5.41) is 92.6. The maximum Gasteiger partial charge on any atom is 0.342 e. The van der Waals surface area contributed by atoms with E-state index in [0.29, 0.717) is 52.1 Å². The number of phenols is 3. The minimum Gasteiger partial charge on any atom is -0.507 e. The molecule has 434 valence electrons. The topological polar surface area (TPSA) is 375 Å². The van der Waals surface area contributed by atoms with Crippen molar-refractivity contribution >= 4 is 35.0 Å². The molecule has 6 fully saturated rings. The Morgan fingerprint density at radius 1 is 0.443 bits per heavy atom. The van der Waals surface area contributed by atoms with Gasteiger partial charge >= 0.3 is 17.9 Å². The number of benzene rings is 3. The predicted molar refractivity (Wildman–Crippen MR) is 278 cm³/mol. The number of nitrogens with two attached hydrogens (primary N) is 3. The van der Waals surface area contributed by atoms with Gasteiger partial charge in [-0.1, -0.05) is 19.3 Å². The van der Waals surface area contributed by atoms with Crippen molar-refractivity contribution in [2.45, 2.75) is 150 Å². The number of rotatable bonds is 16. The Morgan fingerprint density at radius 3 is 1.18 bits per heavy atom. The highest BCUT2D eigenvalue weighted by Crippen LogP contribution is 2.38. The molecule has 6 saturated heterocycles. The molecule has 6 unspecified atom stereocenters. The lowest BCUT2D eigenvalue weighted by molar-refractivity contribution is -0.366. The van der Waals surface area contributed by atoms with Crippen molar-refractivity contribution in [3.05, 3.63) is 71.3 Å². The summed E-state index contributed by atoms with van der Waals surface area (Å²) in [7, 11) is 0. The number of aromatic hydroxyl groups is 3. The number of likely N-dealkylation sites (tertiary alicyclic amines) is 3. The summed E-state index contributed by atoms with van der Waals surface area (Å²) in [4.78, 5) is 46.3. The van der Waals surface area contributed by atoms with Crippen molar-refractivity contribution in [1.82, 2.24) is 14.7 Å². The molecule has 9 rings (SSSR count). The van der Waals surface area contributed by atoms with E-state index in [4.69, 9.17) is 55.1 Å². The van der Waals surface area contributed by atoms with Crippen LogP contribution in [0.2, 0.25) is 0 Å². The molecule has 0 bridgehead atoms. The van der Waals surface area contributed by atoms with Crippen LogP contribution < -0.4 is 17.2 Å². The standard InChI is InChI=1S/C54H74N6O19/c55-28-10-13-34(61)31(22-28)49(68)72-25-37-43(64)44(65)41(59-18-6-2-7-19-59)53(76-37)79-48-39(27-74-51(70)33-24-30(57)12-15-36(33)63)77-54(42(46(48)67)60-20-8-3-9-21-60)78-47-38(26-73-50(69)32-23-29(56)11-14-35(32)62)75-52(71)40(45(47)66)58-16-4-1-5-17-58/h10-15,22-24,37-48,52-54,61-67,71H,1-9,16-21,25-27,55-57H2/t37?,38?,39?,40?,41?,42?,43-,44+,45+,46+,47-,48-,52+,53-,54-/m0/s1. The van der Waals surface area contributed by atoms with Crippen LogP contribution in [-0.2, 0) is 37.9 Å². The van der Waals surface area contributed by atoms with E-state index in [1.54, 1.807) is 0 Å². The lowest BCUT2D eigenvalue weighted by Crippen LogP contribution is -2.71. The first kappa shape index (κ1) is 58.0. The molecule has 79 heavy (non-hydrogen) atoms. The maximum absolute atomic E-state index is 13.8. The SMILES string of the molecule is Nc1ccc(O)c(C(=O)OCC2O[C@@H](O[C@H]3C(COC(=O)c4cc(N)ccc4O)O[C@@H](O[C@H]4C(COC(=O)c5cc(N)ccc5O)O[C@@H](O)C(N5CCCCC5)[C@H]4O)C(N4CCCCC4)[C@H]3O)C(N3CCCCC3)[C@@H](O)[C@H]2O)c1. The van der Waals surface area contributed by atoms with Gasteiger partial charge in [0.2, 0.25) is 0 Å². The number of carbonyl (C=O) groups is 3. The summed E-state index contributed by atoms with van der Waals surface area (Å²) >= 11 is 0. The molecule has 25 nitrogen and oxygen atoms in total. The van der Waals surface area contributed by atoms with Crippen LogP contribution in [0.1, 0.15) is 88.9 Å². The quantitative estimate of drug-likeness (QED) is 0.0399. The number of piperidine rings is 3. The van der Waals surface area contributed by atoms with Gasteiger partial charge in [0.05, 0.1) is 18.1 Å². The number of ether oxygens (including phenoxy) is 8. The third-order valence-corrected chi connectivity index (χ3v) is 15.8. The molecular weight excluding hydrogens is 1040 g/mol. The number of hydrogen-bond acceptors (Lipinski definition) is 25. The summed E-state index contributed by atoms with van der Waals surface area (Å²) in [6, 6.07) is 8.21. The number of nitrogens with zero attached hydrogens (tertiary/aromatic N) is 3. The molecule has 0 spiro atoms. The summed E-state index contributed by atoms with van der Waals surface area (Å²) in [6.07, 6.45) is -11.4. The second-order valence-corrected chi connectivity index (χ2v) is 21.2. The Kier molecular flexibility index (Phi) is 19.0. The molecule has 3 aromatic rings. The molecule has 14 N–H and O–H groups in total. The van der Waals surface area contributed by atoms with Gasteiger partial charge in [0.15, 0.2) is 18.9 Å². The fourth-order valence-corrected chi connectivity index (χ4v) is 11.7. The molecule has 0 amide bonds. The molecule has 6 heterocycles. The van der Waals surface area contributed by atoms with Gasteiger partial charge in [-0.3, -0.25) is 14.7 Å². The highest BCUT2D eigenvalue weighted by atomic mass is 16.7. The number of anilines is 3. The van der Waals surface area contributed by atoms with Gasteiger partial charge in [-0.25, -0.2) is 14.4 Å². The van der Waals surface area contributed by atoms with Gasteiger partial charge in [-0.05, 0) is 132 Å². The first-order valence-electron chi connectivity index (χ1n) is 27.1. The average molecular weight is 1110 g/mol. The zero-order valence-corrected chi connectivity index (χ0v) is 43.7. The van der Waals surface area contributed by atoms with E-state index in [2.05, 4.69) is 0 Å². The zero-order valence-electron chi connectivity index (χ0n) is 43.7. The number of hydrogen-bond donors (Lipinski definition) is 11. The lowest BCUT2D eigenvalue weighted by atomic mass is 9.91. The van der Waals surface area contributed by atoms with E-state index in [0.717, 1.165) is 44.9 Å². The van der Waals surface area contributed by atoms with Crippen LogP contribution in [0.5, 0.6) is 17.2 Å². The summed E-state index contributed by atoms with van der Waals surface area (Å²) in [5.74, 6) is -4.30. The van der Waals surface area contributed by atoms with Gasteiger partial charge in [-0.2, -0.15) is 0 Å². The third kappa shape index (κ3) is 13.3. The summed E-state index contributed by atoms with van der Waals surface area (Å²) in [5.41, 5.74) is 17.5. The van der Waals surface area contributed by atoms with Crippen LogP contribution in [0, 0.1) is 0 Å². The summed E-state index contributed by atoms with van der Waals surface area (Å²) < 4.78 is 50.3. The first-order chi connectivity index (χ1) is 38.0. The molecule has 0 radical (unpaired) electrons. The number of esters is 3. The molecule has 15 atom stereocenters. The normalized spacial score (nSPS) is 33.2. The predicted octanol–water partition coefficient (Wildman–Crippen LogP) is 0.365. The average Bonchev–Trinajstić information content (AvgIpc) is 3.61. The highest BCUT2D eigenvalue weighted by molar-refractivity contribution is 5.94. The fourth-order valence-electron chi connectivity index (χ4n) is 11.7. The van der Waals surface area contributed by atoms with Crippen LogP contribution in [0.4, 0.5) is 17.1 Å². The molecule has 6 aliphatic heterocycles. The molecule has 0 saturated carbocycles. The van der Waals surface area contributed by atoms with Crippen LogP contribution >= 0.6 is 0 Å². The Morgan fingerprint density at radius 2 is 0.772 bits per heavy atom. The number of aliphatic hydroxyl groups excluding tert-OH is 5. The van der Waals surface area contributed by atoms with Crippen LogP contribution in [0.25, 0.3) is 0 Å². The smallest absolute Gasteiger partial charge is 0.342 e. The van der Waals surface area contributed by atoms with Crippen molar-refractivity contribution < 1.29 is 93.1 Å². The molecule has 25 heteroatoms. The minimum absolute atomic E-state index is 0.142. The van der Waals surface area contributed by atoms with Crippen LogP contribution in [-0.4, -0.2) is 224 Å². The molecule has 3 aromatic carbocycles. The molecule has 0 aromatic heterocycles. The second kappa shape index (κ2) is 25.9. The second-order valence-electron chi connectivity index (χ2n) is 21.2. The first-order valence-corrected chi connectivity index (χ1v) is 27.1. The van der Waals surface area contributed by atoms with E-state index >= 15 is 0 Å². The number of phenolic OH excluding ortho intramolecular Hbond substituents is 3. The molecule has 0 aliphatic carbocycles. The van der Waals surface area contributed by atoms with Gasteiger partial charge in [0.25, 0.3) is 0 Å². The minimum atomic E-state index is -1.65. The number of aliphatic hydroxyl groups is 5. The van der Waals surface area contributed by atoms with Crippen molar-refractivity contribution in [2.75, 3.05) is 76.3 Å².